The molecule has 0 unspecified atom stereocenters. The molecule has 8 heteroatoms. The predicted octanol–water partition coefficient (Wildman–Crippen LogP) is 2.16. The number of pyridine rings is 1. The van der Waals surface area contributed by atoms with Crippen molar-refractivity contribution in [3.8, 4) is 0 Å². The van der Waals surface area contributed by atoms with E-state index in [1.165, 1.54) is 29.6 Å². The smallest absolute Gasteiger partial charge is 0.261 e. The largest absolute Gasteiger partial charge is 0.269 e. The minimum absolute atomic E-state index is 0.0756. The van der Waals surface area contributed by atoms with Gasteiger partial charge < -0.3 is 0 Å². The fraction of sp³-hybridized carbons (Fsp3) is 0.267. The van der Waals surface area contributed by atoms with E-state index in [0.29, 0.717) is 12.0 Å². The van der Waals surface area contributed by atoms with Gasteiger partial charge in [-0.25, -0.2) is 12.7 Å². The fourth-order valence-corrected chi connectivity index (χ4v) is 3.52. The van der Waals surface area contributed by atoms with E-state index < -0.39 is 14.9 Å². The van der Waals surface area contributed by atoms with E-state index in [9.17, 15) is 18.5 Å². The van der Waals surface area contributed by atoms with Crippen LogP contribution in [0.15, 0.2) is 47.5 Å². The topological polar surface area (TPSA) is 93.4 Å². The van der Waals surface area contributed by atoms with Gasteiger partial charge in [-0.3, -0.25) is 15.1 Å². The zero-order valence-corrected chi connectivity index (χ0v) is 13.7. The van der Waals surface area contributed by atoms with Crippen molar-refractivity contribution in [2.75, 3.05) is 13.6 Å². The summed E-state index contributed by atoms with van der Waals surface area (Å²) in [5, 5.41) is 10.7. The summed E-state index contributed by atoms with van der Waals surface area (Å²) in [6.45, 7) is 1.82. The Balaban J connectivity index is 2.19. The molecule has 0 atom stereocenters. The maximum atomic E-state index is 12.6. The lowest BCUT2D eigenvalue weighted by atomic mass is 10.2. The minimum Gasteiger partial charge on any atom is -0.261 e. The Morgan fingerprint density at radius 2 is 2.00 bits per heavy atom. The van der Waals surface area contributed by atoms with Crippen LogP contribution in [-0.2, 0) is 16.4 Å². The van der Waals surface area contributed by atoms with Crippen molar-refractivity contribution in [2.45, 2.75) is 18.2 Å². The summed E-state index contributed by atoms with van der Waals surface area (Å²) >= 11 is 0. The van der Waals surface area contributed by atoms with Gasteiger partial charge in [0.25, 0.3) is 5.69 Å². The normalized spacial score (nSPS) is 11.6. The first-order chi connectivity index (χ1) is 10.8. The third-order valence-corrected chi connectivity index (χ3v) is 5.48. The van der Waals surface area contributed by atoms with Crippen LogP contribution in [0.2, 0.25) is 0 Å². The predicted molar refractivity (Wildman–Crippen MR) is 85.6 cm³/mol. The summed E-state index contributed by atoms with van der Waals surface area (Å²) in [5.41, 5.74) is 1.02. The van der Waals surface area contributed by atoms with E-state index in [0.717, 1.165) is 5.69 Å². The van der Waals surface area contributed by atoms with Crippen LogP contribution in [0, 0.1) is 17.0 Å². The number of rotatable bonds is 6. The second-order valence-electron chi connectivity index (χ2n) is 5.10. The molecule has 0 aliphatic rings. The molecule has 0 amide bonds. The van der Waals surface area contributed by atoms with Crippen molar-refractivity contribution in [1.29, 1.82) is 0 Å². The molecule has 0 radical (unpaired) electrons. The zero-order valence-electron chi connectivity index (χ0n) is 12.8. The average molecular weight is 335 g/mol. The van der Waals surface area contributed by atoms with Crippen LogP contribution in [0.5, 0.6) is 0 Å². The first-order valence-electron chi connectivity index (χ1n) is 6.93. The Morgan fingerprint density at radius 3 is 2.57 bits per heavy atom. The summed E-state index contributed by atoms with van der Waals surface area (Å²) in [4.78, 5) is 14.4. The summed E-state index contributed by atoms with van der Waals surface area (Å²) in [6.07, 6.45) is 2.15. The van der Waals surface area contributed by atoms with E-state index in [1.807, 2.05) is 12.1 Å². The molecule has 0 saturated heterocycles. The van der Waals surface area contributed by atoms with Gasteiger partial charge in [0.05, 0.1) is 9.82 Å². The number of aryl methyl sites for hydroxylation is 1. The molecule has 0 spiro atoms. The van der Waals surface area contributed by atoms with Gasteiger partial charge >= 0.3 is 0 Å². The molecule has 1 heterocycles. The molecule has 122 valence electrons. The van der Waals surface area contributed by atoms with E-state index in [-0.39, 0.29) is 17.1 Å². The van der Waals surface area contributed by atoms with Gasteiger partial charge in [-0.15, -0.1) is 0 Å². The molecule has 0 aliphatic carbocycles. The Hall–Kier alpha value is -2.32. The third-order valence-electron chi connectivity index (χ3n) is 3.47. The molecule has 1 aromatic heterocycles. The van der Waals surface area contributed by atoms with Gasteiger partial charge in [-0.05, 0) is 30.7 Å². The van der Waals surface area contributed by atoms with Crippen LogP contribution in [0.1, 0.15) is 11.3 Å². The number of nitro groups is 1. The number of hydrogen-bond donors (Lipinski definition) is 0. The van der Waals surface area contributed by atoms with Crippen LogP contribution in [0.4, 0.5) is 5.69 Å². The van der Waals surface area contributed by atoms with Crippen molar-refractivity contribution in [1.82, 2.24) is 9.29 Å². The highest BCUT2D eigenvalue weighted by molar-refractivity contribution is 7.89. The van der Waals surface area contributed by atoms with Crippen molar-refractivity contribution >= 4 is 15.7 Å². The Morgan fingerprint density at radius 1 is 1.26 bits per heavy atom. The molecule has 0 saturated carbocycles. The molecular weight excluding hydrogens is 318 g/mol. The van der Waals surface area contributed by atoms with Crippen LogP contribution in [-0.4, -0.2) is 36.2 Å². The van der Waals surface area contributed by atoms with Crippen LogP contribution in [0.3, 0.4) is 0 Å². The van der Waals surface area contributed by atoms with Gasteiger partial charge in [-0.1, -0.05) is 6.07 Å². The Bertz CT molecular complexity index is 807. The van der Waals surface area contributed by atoms with Crippen molar-refractivity contribution in [2.24, 2.45) is 0 Å². The van der Waals surface area contributed by atoms with Crippen molar-refractivity contribution in [3.05, 3.63) is 64.0 Å². The third kappa shape index (κ3) is 3.91. The Kier molecular flexibility index (Phi) is 5.07. The molecule has 0 aliphatic heterocycles. The molecule has 2 aromatic rings. The lowest BCUT2D eigenvalue weighted by Gasteiger charge is -2.18. The summed E-state index contributed by atoms with van der Waals surface area (Å²) in [7, 11) is -2.21. The van der Waals surface area contributed by atoms with E-state index in [4.69, 9.17) is 0 Å². The van der Waals surface area contributed by atoms with Crippen LogP contribution < -0.4 is 0 Å². The number of aromatic nitrogens is 1. The van der Waals surface area contributed by atoms with E-state index in [1.54, 1.807) is 19.2 Å². The second-order valence-corrected chi connectivity index (χ2v) is 7.12. The van der Waals surface area contributed by atoms with Gasteiger partial charge in [0.15, 0.2) is 0 Å². The van der Waals surface area contributed by atoms with Gasteiger partial charge in [0.2, 0.25) is 10.0 Å². The molecule has 0 fully saturated rings. The maximum absolute atomic E-state index is 12.6. The zero-order chi connectivity index (χ0) is 17.0. The number of sulfonamides is 1. The SMILES string of the molecule is Cc1cc([N+](=O)[O-])ccc1S(=O)(=O)N(C)CCc1ccccn1. The lowest BCUT2D eigenvalue weighted by Crippen LogP contribution is -2.29. The van der Waals surface area contributed by atoms with Gasteiger partial charge in [0, 0.05) is 44.0 Å². The summed E-state index contributed by atoms with van der Waals surface area (Å²) < 4.78 is 26.4. The molecule has 23 heavy (non-hydrogen) atoms. The molecular formula is C15H17N3O4S. The monoisotopic (exact) mass is 335 g/mol. The highest BCUT2D eigenvalue weighted by Gasteiger charge is 2.24. The highest BCUT2D eigenvalue weighted by Crippen LogP contribution is 2.23. The number of likely N-dealkylation sites (N-methyl/N-ethyl adjacent to an activating group) is 1. The van der Waals surface area contributed by atoms with Crippen molar-refractivity contribution < 1.29 is 13.3 Å². The quantitative estimate of drug-likeness (QED) is 0.595. The van der Waals surface area contributed by atoms with Gasteiger partial charge in [-0.2, -0.15) is 0 Å². The number of benzene rings is 1. The number of hydrogen-bond acceptors (Lipinski definition) is 5. The number of nitrogens with zero attached hydrogens (tertiary/aromatic N) is 3. The molecule has 1 aromatic carbocycles. The summed E-state index contributed by atoms with van der Waals surface area (Å²) in [6, 6.07) is 9.21. The van der Waals surface area contributed by atoms with Gasteiger partial charge in [0.1, 0.15) is 0 Å². The van der Waals surface area contributed by atoms with E-state index >= 15 is 0 Å². The van der Waals surface area contributed by atoms with Crippen LogP contribution >= 0.6 is 0 Å². The lowest BCUT2D eigenvalue weighted by molar-refractivity contribution is -0.385. The Labute approximate surface area is 134 Å². The molecule has 2 rings (SSSR count). The number of non-ortho nitro benzene ring substituents is 1. The molecule has 7 nitrogen and oxygen atoms in total. The first kappa shape index (κ1) is 17.0. The van der Waals surface area contributed by atoms with Crippen molar-refractivity contribution in [3.63, 3.8) is 0 Å². The maximum Gasteiger partial charge on any atom is 0.269 e. The van der Waals surface area contributed by atoms with Crippen LogP contribution in [0.25, 0.3) is 0 Å². The van der Waals surface area contributed by atoms with E-state index in [2.05, 4.69) is 4.98 Å². The average Bonchev–Trinajstić information content (AvgIpc) is 2.53. The summed E-state index contributed by atoms with van der Waals surface area (Å²) in [5.74, 6) is 0. The highest BCUT2D eigenvalue weighted by atomic mass is 32.2. The molecule has 0 N–H and O–H groups in total. The molecule has 0 bridgehead atoms. The minimum atomic E-state index is -3.70. The second kappa shape index (κ2) is 6.84. The fourth-order valence-electron chi connectivity index (χ4n) is 2.14. The number of nitro benzene ring substituents is 1. The first-order valence-corrected chi connectivity index (χ1v) is 8.37. The standard InChI is InChI=1S/C15H17N3O4S/c1-12-11-14(18(19)20)6-7-15(12)23(21,22)17(2)10-8-13-5-3-4-9-16-13/h3-7,9,11H,8,10H2,1-2H3.